The Morgan fingerprint density at radius 1 is 0.811 bits per heavy atom. The summed E-state index contributed by atoms with van der Waals surface area (Å²) < 4.78 is 21.8. The van der Waals surface area contributed by atoms with Crippen molar-refractivity contribution in [2.24, 2.45) is 0 Å². The van der Waals surface area contributed by atoms with Crippen molar-refractivity contribution in [2.75, 3.05) is 59.0 Å². The fraction of sp³-hybridized carbons (Fsp3) is 0.320. The standard InChI is InChI=1S/C25H25Cl3N4O5/c1-34-21-10-15(11-22(35-2)25(21)36-3)19-4-5-23(30-29-19)31-6-8-32(9-7-31)24(33)14-37-20-13-17(27)16(26)12-18(20)28/h4-5,10-13H,6-9,14H2,1-3H3. The van der Waals surface area contributed by atoms with Crippen molar-refractivity contribution in [1.82, 2.24) is 15.1 Å². The first-order chi connectivity index (χ1) is 17.8. The number of nitrogens with zero attached hydrogens (tertiary/aromatic N) is 4. The lowest BCUT2D eigenvalue weighted by Gasteiger charge is -2.35. The van der Waals surface area contributed by atoms with Gasteiger partial charge in [-0.1, -0.05) is 34.8 Å². The van der Waals surface area contributed by atoms with E-state index < -0.39 is 0 Å². The second-order valence-electron chi connectivity index (χ2n) is 8.04. The second kappa shape index (κ2) is 11.9. The van der Waals surface area contributed by atoms with Gasteiger partial charge in [-0.2, -0.15) is 0 Å². The summed E-state index contributed by atoms with van der Waals surface area (Å²) in [6, 6.07) is 10.4. The highest BCUT2D eigenvalue weighted by molar-refractivity contribution is 6.43. The van der Waals surface area contributed by atoms with Crippen LogP contribution in [0.25, 0.3) is 11.3 Å². The molecule has 0 saturated carbocycles. The van der Waals surface area contributed by atoms with Crippen molar-refractivity contribution >= 4 is 46.5 Å². The quantitative estimate of drug-likeness (QED) is 0.357. The van der Waals surface area contributed by atoms with Crippen LogP contribution in [-0.4, -0.2) is 75.1 Å². The lowest BCUT2D eigenvalue weighted by molar-refractivity contribution is -0.133. The topological polar surface area (TPSA) is 86.3 Å². The van der Waals surface area contributed by atoms with E-state index >= 15 is 0 Å². The Morgan fingerprint density at radius 2 is 1.46 bits per heavy atom. The maximum absolute atomic E-state index is 12.7. The average molecular weight is 568 g/mol. The van der Waals surface area contributed by atoms with E-state index in [0.29, 0.717) is 69.9 Å². The van der Waals surface area contributed by atoms with E-state index in [1.807, 2.05) is 24.3 Å². The number of hydrogen-bond donors (Lipinski definition) is 0. The van der Waals surface area contributed by atoms with E-state index in [-0.39, 0.29) is 12.5 Å². The monoisotopic (exact) mass is 566 g/mol. The normalized spacial score (nSPS) is 13.4. The molecule has 1 aromatic heterocycles. The van der Waals surface area contributed by atoms with Crippen molar-refractivity contribution in [3.63, 3.8) is 0 Å². The molecule has 37 heavy (non-hydrogen) atoms. The van der Waals surface area contributed by atoms with Gasteiger partial charge in [-0.3, -0.25) is 4.79 Å². The third kappa shape index (κ3) is 6.06. The Labute approximate surface area is 229 Å². The maximum Gasteiger partial charge on any atom is 0.260 e. The Bertz CT molecular complexity index is 1240. The number of amides is 1. The molecule has 9 nitrogen and oxygen atoms in total. The summed E-state index contributed by atoms with van der Waals surface area (Å²) in [6.45, 7) is 2.11. The number of anilines is 1. The molecule has 0 bridgehead atoms. The molecule has 0 atom stereocenters. The minimum atomic E-state index is -0.152. The van der Waals surface area contributed by atoms with Gasteiger partial charge in [0.05, 0.1) is 42.1 Å². The number of piperazine rings is 1. The van der Waals surface area contributed by atoms with Crippen molar-refractivity contribution in [3.8, 4) is 34.3 Å². The molecule has 1 aliphatic rings. The zero-order valence-electron chi connectivity index (χ0n) is 20.5. The number of hydrogen-bond acceptors (Lipinski definition) is 8. The molecule has 12 heteroatoms. The van der Waals surface area contributed by atoms with E-state index in [1.165, 1.54) is 12.1 Å². The Balaban J connectivity index is 1.36. The van der Waals surface area contributed by atoms with Crippen molar-refractivity contribution in [1.29, 1.82) is 0 Å². The zero-order valence-corrected chi connectivity index (χ0v) is 22.7. The number of carbonyl (C=O) groups excluding carboxylic acids is 1. The number of halogens is 3. The van der Waals surface area contributed by atoms with Crippen LogP contribution in [0.2, 0.25) is 15.1 Å². The smallest absolute Gasteiger partial charge is 0.260 e. The summed E-state index contributed by atoms with van der Waals surface area (Å²) in [7, 11) is 4.68. The van der Waals surface area contributed by atoms with Crippen LogP contribution in [0.15, 0.2) is 36.4 Å². The summed E-state index contributed by atoms with van der Waals surface area (Å²) in [5.41, 5.74) is 1.45. The largest absolute Gasteiger partial charge is 0.493 e. The van der Waals surface area contributed by atoms with Crippen LogP contribution < -0.4 is 23.8 Å². The number of rotatable bonds is 8. The van der Waals surface area contributed by atoms with Crippen LogP contribution in [0.3, 0.4) is 0 Å². The molecule has 1 fully saturated rings. The summed E-state index contributed by atoms with van der Waals surface area (Å²) >= 11 is 18.1. The Kier molecular flexibility index (Phi) is 8.68. The minimum absolute atomic E-state index is 0.148. The first-order valence-electron chi connectivity index (χ1n) is 11.3. The third-order valence-electron chi connectivity index (χ3n) is 5.89. The summed E-state index contributed by atoms with van der Waals surface area (Å²) in [6.07, 6.45) is 0. The van der Waals surface area contributed by atoms with Gasteiger partial charge in [0.2, 0.25) is 5.75 Å². The lowest BCUT2D eigenvalue weighted by Crippen LogP contribution is -2.50. The van der Waals surface area contributed by atoms with Crippen molar-refractivity contribution in [2.45, 2.75) is 0 Å². The number of carbonyl (C=O) groups is 1. The molecule has 4 rings (SSSR count). The van der Waals surface area contributed by atoms with Crippen LogP contribution in [0.1, 0.15) is 0 Å². The molecule has 0 unspecified atom stereocenters. The summed E-state index contributed by atoms with van der Waals surface area (Å²) in [5.74, 6) is 2.47. The molecule has 0 spiro atoms. The summed E-state index contributed by atoms with van der Waals surface area (Å²) in [4.78, 5) is 16.5. The number of aromatic nitrogens is 2. The Morgan fingerprint density at radius 3 is 2.03 bits per heavy atom. The van der Waals surface area contributed by atoms with E-state index in [2.05, 4.69) is 15.1 Å². The van der Waals surface area contributed by atoms with Crippen LogP contribution in [-0.2, 0) is 4.79 Å². The minimum Gasteiger partial charge on any atom is -0.493 e. The molecular weight excluding hydrogens is 543 g/mol. The molecule has 1 saturated heterocycles. The molecule has 1 amide bonds. The second-order valence-corrected chi connectivity index (χ2v) is 9.27. The van der Waals surface area contributed by atoms with E-state index in [0.717, 1.165) is 11.4 Å². The first kappa shape index (κ1) is 26.9. The van der Waals surface area contributed by atoms with Gasteiger partial charge in [-0.15, -0.1) is 10.2 Å². The van der Waals surface area contributed by atoms with Crippen molar-refractivity contribution < 1.29 is 23.7 Å². The van der Waals surface area contributed by atoms with E-state index in [4.69, 9.17) is 53.8 Å². The van der Waals surface area contributed by atoms with Gasteiger partial charge in [-0.25, -0.2) is 0 Å². The van der Waals surface area contributed by atoms with Crippen LogP contribution in [0.4, 0.5) is 5.82 Å². The molecule has 0 aliphatic carbocycles. The fourth-order valence-electron chi connectivity index (χ4n) is 3.91. The van der Waals surface area contributed by atoms with E-state index in [1.54, 1.807) is 26.2 Å². The fourth-order valence-corrected chi connectivity index (χ4v) is 4.50. The average Bonchev–Trinajstić information content (AvgIpc) is 2.93. The molecule has 0 N–H and O–H groups in total. The van der Waals surface area contributed by atoms with Gasteiger partial charge in [-0.05, 0) is 30.3 Å². The molecule has 2 heterocycles. The Hall–Kier alpha value is -3.14. The molecule has 196 valence electrons. The predicted molar refractivity (Wildman–Crippen MR) is 143 cm³/mol. The van der Waals surface area contributed by atoms with Crippen molar-refractivity contribution in [3.05, 3.63) is 51.5 Å². The van der Waals surface area contributed by atoms with Crippen LogP contribution in [0, 0.1) is 0 Å². The van der Waals surface area contributed by atoms with Gasteiger partial charge < -0.3 is 28.7 Å². The molecule has 3 aromatic rings. The highest BCUT2D eigenvalue weighted by Crippen LogP contribution is 2.41. The van der Waals surface area contributed by atoms with E-state index in [9.17, 15) is 4.79 Å². The van der Waals surface area contributed by atoms with Crippen LogP contribution in [0.5, 0.6) is 23.0 Å². The number of ether oxygens (including phenoxy) is 4. The molecule has 0 radical (unpaired) electrons. The zero-order chi connectivity index (χ0) is 26.5. The molecule has 2 aromatic carbocycles. The lowest BCUT2D eigenvalue weighted by atomic mass is 10.1. The van der Waals surface area contributed by atoms with Gasteiger partial charge in [0.25, 0.3) is 5.91 Å². The first-order valence-corrected chi connectivity index (χ1v) is 12.4. The van der Waals surface area contributed by atoms with Gasteiger partial charge >= 0.3 is 0 Å². The maximum atomic E-state index is 12.7. The highest BCUT2D eigenvalue weighted by Gasteiger charge is 2.23. The highest BCUT2D eigenvalue weighted by atomic mass is 35.5. The molecular formula is C25H25Cl3N4O5. The molecule has 1 aliphatic heterocycles. The van der Waals surface area contributed by atoms with Gasteiger partial charge in [0, 0.05) is 37.8 Å². The van der Waals surface area contributed by atoms with Gasteiger partial charge in [0.1, 0.15) is 5.75 Å². The third-order valence-corrected chi connectivity index (χ3v) is 6.91. The SMILES string of the molecule is COc1cc(-c2ccc(N3CCN(C(=O)COc4cc(Cl)c(Cl)cc4Cl)CC3)nn2)cc(OC)c1OC. The number of benzene rings is 2. The van der Waals surface area contributed by atoms with Crippen LogP contribution >= 0.6 is 34.8 Å². The number of methoxy groups -OCH3 is 3. The summed E-state index contributed by atoms with van der Waals surface area (Å²) in [5, 5.41) is 9.71. The van der Waals surface area contributed by atoms with Gasteiger partial charge in [0.15, 0.2) is 23.9 Å². The predicted octanol–water partition coefficient (Wildman–Crippen LogP) is 4.86.